The third kappa shape index (κ3) is 2.82. The average Bonchev–Trinajstić information content (AvgIpc) is 3.52. The highest BCUT2D eigenvalue weighted by Gasteiger charge is 2.69. The van der Waals surface area contributed by atoms with Crippen LogP contribution in [0.5, 0.6) is 0 Å². The number of carbonyl (C=O) groups is 1. The van der Waals surface area contributed by atoms with Crippen molar-refractivity contribution in [2.24, 2.45) is 5.92 Å². The maximum absolute atomic E-state index is 13.8. The van der Waals surface area contributed by atoms with Gasteiger partial charge >= 0.3 is 0 Å². The molecule has 0 spiro atoms. The van der Waals surface area contributed by atoms with Crippen molar-refractivity contribution in [1.29, 1.82) is 0 Å². The summed E-state index contributed by atoms with van der Waals surface area (Å²) in [6.45, 7) is 0. The molecule has 1 aliphatic carbocycles. The van der Waals surface area contributed by atoms with Gasteiger partial charge < -0.3 is 0 Å². The summed E-state index contributed by atoms with van der Waals surface area (Å²) in [5.41, 5.74) is 4.06. The number of benzene rings is 4. The highest BCUT2D eigenvalue weighted by molar-refractivity contribution is 6.03. The van der Waals surface area contributed by atoms with Crippen molar-refractivity contribution in [3.05, 3.63) is 144 Å². The molecular formula is C28H22O. The molecule has 1 aliphatic rings. The number of hydrogen-bond donors (Lipinski definition) is 0. The standard InChI is InChI=1S/C28H22O/c29-27(22-15-7-2-8-16-22)26-25(21-13-5-1-6-14-21)28(26,23-17-9-3-10-18-23)24-19-11-4-12-20-24/h1-20,25-26H. The van der Waals surface area contributed by atoms with Crippen LogP contribution in [-0.2, 0) is 5.41 Å². The summed E-state index contributed by atoms with van der Waals surface area (Å²) in [5.74, 6) is 0.200. The van der Waals surface area contributed by atoms with E-state index in [2.05, 4.69) is 72.8 Å². The van der Waals surface area contributed by atoms with Crippen molar-refractivity contribution in [1.82, 2.24) is 0 Å². The first-order chi connectivity index (χ1) is 14.3. The van der Waals surface area contributed by atoms with Crippen LogP contribution >= 0.6 is 0 Å². The van der Waals surface area contributed by atoms with Gasteiger partial charge in [-0.3, -0.25) is 4.79 Å². The van der Waals surface area contributed by atoms with Crippen LogP contribution in [0.25, 0.3) is 0 Å². The predicted octanol–water partition coefficient (Wildman–Crippen LogP) is 6.27. The van der Waals surface area contributed by atoms with Crippen molar-refractivity contribution in [3.63, 3.8) is 0 Å². The zero-order chi connectivity index (χ0) is 19.7. The number of rotatable bonds is 5. The van der Waals surface area contributed by atoms with Gasteiger partial charge in [-0.15, -0.1) is 0 Å². The van der Waals surface area contributed by atoms with Crippen molar-refractivity contribution < 1.29 is 4.79 Å². The SMILES string of the molecule is O=C(c1ccccc1)C1C(c2ccccc2)C1(c1ccccc1)c1ccccc1. The van der Waals surface area contributed by atoms with E-state index in [1.165, 1.54) is 16.7 Å². The van der Waals surface area contributed by atoms with Crippen LogP contribution in [0.2, 0.25) is 0 Å². The van der Waals surface area contributed by atoms with Crippen molar-refractivity contribution >= 4 is 5.78 Å². The summed E-state index contributed by atoms with van der Waals surface area (Å²) in [7, 11) is 0. The van der Waals surface area contributed by atoms with Gasteiger partial charge in [-0.05, 0) is 16.7 Å². The molecule has 0 radical (unpaired) electrons. The monoisotopic (exact) mass is 374 g/mol. The first-order valence-corrected chi connectivity index (χ1v) is 10.1. The molecule has 2 atom stereocenters. The van der Waals surface area contributed by atoms with Gasteiger partial charge in [0, 0.05) is 22.8 Å². The van der Waals surface area contributed by atoms with E-state index in [1.807, 2.05) is 48.5 Å². The largest absolute Gasteiger partial charge is 0.294 e. The molecule has 4 aromatic rings. The van der Waals surface area contributed by atoms with Gasteiger partial charge in [0.15, 0.2) is 5.78 Å². The number of hydrogen-bond acceptors (Lipinski definition) is 1. The molecule has 0 N–H and O–H groups in total. The summed E-state index contributed by atoms with van der Waals surface area (Å²) in [4.78, 5) is 13.8. The Morgan fingerprint density at radius 1 is 0.552 bits per heavy atom. The number of ketones is 1. The van der Waals surface area contributed by atoms with E-state index in [9.17, 15) is 4.79 Å². The zero-order valence-electron chi connectivity index (χ0n) is 16.1. The number of carbonyl (C=O) groups excluding carboxylic acids is 1. The lowest BCUT2D eigenvalue weighted by atomic mass is 9.82. The molecule has 0 bridgehead atoms. The van der Waals surface area contributed by atoms with Crippen LogP contribution in [-0.4, -0.2) is 5.78 Å². The molecule has 1 heteroatoms. The Balaban J connectivity index is 1.73. The second-order valence-electron chi connectivity index (χ2n) is 7.70. The zero-order valence-corrected chi connectivity index (χ0v) is 16.1. The predicted molar refractivity (Wildman–Crippen MR) is 117 cm³/mol. The van der Waals surface area contributed by atoms with Crippen LogP contribution in [0.3, 0.4) is 0 Å². The highest BCUT2D eigenvalue weighted by atomic mass is 16.1. The fourth-order valence-corrected chi connectivity index (χ4v) is 4.96. The molecule has 2 unspecified atom stereocenters. The Morgan fingerprint density at radius 2 is 0.966 bits per heavy atom. The smallest absolute Gasteiger partial charge is 0.167 e. The fraction of sp³-hybridized carbons (Fsp3) is 0.107. The maximum Gasteiger partial charge on any atom is 0.167 e. The van der Waals surface area contributed by atoms with Crippen LogP contribution in [0.15, 0.2) is 121 Å². The second kappa shape index (κ2) is 7.18. The molecule has 1 nitrogen and oxygen atoms in total. The first-order valence-electron chi connectivity index (χ1n) is 10.1. The van der Waals surface area contributed by atoms with Crippen molar-refractivity contribution in [3.8, 4) is 0 Å². The minimum absolute atomic E-state index is 0.112. The van der Waals surface area contributed by atoms with E-state index in [-0.39, 0.29) is 23.0 Å². The van der Waals surface area contributed by atoms with Gasteiger partial charge in [-0.25, -0.2) is 0 Å². The molecule has 4 aromatic carbocycles. The lowest BCUT2D eigenvalue weighted by Gasteiger charge is -2.20. The lowest BCUT2D eigenvalue weighted by Crippen LogP contribution is -2.17. The van der Waals surface area contributed by atoms with E-state index >= 15 is 0 Å². The summed E-state index contributed by atoms with van der Waals surface area (Å²) >= 11 is 0. The minimum atomic E-state index is -0.350. The Morgan fingerprint density at radius 3 is 1.45 bits per heavy atom. The molecule has 0 aliphatic heterocycles. The van der Waals surface area contributed by atoms with Gasteiger partial charge in [-0.1, -0.05) is 121 Å². The lowest BCUT2D eigenvalue weighted by molar-refractivity contribution is 0.0958. The quantitative estimate of drug-likeness (QED) is 0.376. The van der Waals surface area contributed by atoms with E-state index < -0.39 is 0 Å². The van der Waals surface area contributed by atoms with Crippen LogP contribution in [0.4, 0.5) is 0 Å². The molecule has 0 saturated heterocycles. The van der Waals surface area contributed by atoms with Gasteiger partial charge in [0.2, 0.25) is 0 Å². The van der Waals surface area contributed by atoms with E-state index in [4.69, 9.17) is 0 Å². The molecule has 1 fully saturated rings. The van der Waals surface area contributed by atoms with Crippen molar-refractivity contribution in [2.45, 2.75) is 11.3 Å². The van der Waals surface area contributed by atoms with Crippen molar-refractivity contribution in [2.75, 3.05) is 0 Å². The summed E-state index contributed by atoms with van der Waals surface area (Å²) < 4.78 is 0. The average molecular weight is 374 g/mol. The summed E-state index contributed by atoms with van der Waals surface area (Å²) in [5, 5.41) is 0. The molecule has 140 valence electrons. The first kappa shape index (κ1) is 17.6. The van der Waals surface area contributed by atoms with E-state index in [1.54, 1.807) is 0 Å². The van der Waals surface area contributed by atoms with E-state index in [0.717, 1.165) is 5.56 Å². The Labute approximate surface area is 171 Å². The van der Waals surface area contributed by atoms with Gasteiger partial charge in [0.1, 0.15) is 0 Å². The third-order valence-corrected chi connectivity index (χ3v) is 6.21. The third-order valence-electron chi connectivity index (χ3n) is 6.21. The topological polar surface area (TPSA) is 17.1 Å². The fourth-order valence-electron chi connectivity index (χ4n) is 4.96. The van der Waals surface area contributed by atoms with Gasteiger partial charge in [-0.2, -0.15) is 0 Å². The van der Waals surface area contributed by atoms with Crippen LogP contribution in [0.1, 0.15) is 33.0 Å². The summed E-state index contributed by atoms with van der Waals surface area (Å²) in [6.07, 6.45) is 0. The Bertz CT molecular complexity index is 1060. The van der Waals surface area contributed by atoms with Crippen LogP contribution in [0, 0.1) is 5.92 Å². The molecule has 0 aromatic heterocycles. The van der Waals surface area contributed by atoms with E-state index in [0.29, 0.717) is 0 Å². The molecule has 29 heavy (non-hydrogen) atoms. The molecule has 1 saturated carbocycles. The van der Waals surface area contributed by atoms with Crippen LogP contribution < -0.4 is 0 Å². The Kier molecular flexibility index (Phi) is 4.37. The molecule has 0 amide bonds. The van der Waals surface area contributed by atoms with Gasteiger partial charge in [0.05, 0.1) is 0 Å². The molecule has 5 rings (SSSR count). The summed E-state index contributed by atoms with van der Waals surface area (Å²) in [6, 6.07) is 41.2. The molecular weight excluding hydrogens is 352 g/mol. The number of Topliss-reactive ketones (excluding diaryl/α,β-unsaturated/α-hetero) is 1. The normalized spacial score (nSPS) is 19.4. The van der Waals surface area contributed by atoms with Gasteiger partial charge in [0.25, 0.3) is 0 Å². The molecule has 0 heterocycles. The highest BCUT2D eigenvalue weighted by Crippen LogP contribution is 2.69. The minimum Gasteiger partial charge on any atom is -0.294 e. The maximum atomic E-state index is 13.8. The second-order valence-corrected chi connectivity index (χ2v) is 7.70. The Hall–Kier alpha value is -3.45.